The number of thioether (sulfide) groups is 1. The number of para-hydroxylation sites is 1. The van der Waals surface area contributed by atoms with Gasteiger partial charge in [-0.15, -0.1) is 0 Å². The van der Waals surface area contributed by atoms with Gasteiger partial charge in [0.15, 0.2) is 5.17 Å². The number of carbonyl (C=O) groups excluding carboxylic acids is 1. The number of amides is 1. The molecule has 1 saturated heterocycles. The summed E-state index contributed by atoms with van der Waals surface area (Å²) in [4.78, 5) is 41.3. The van der Waals surface area contributed by atoms with Crippen LogP contribution in [0.1, 0.15) is 33.2 Å². The number of amidine groups is 1. The minimum atomic E-state index is -1.09. The van der Waals surface area contributed by atoms with Crippen LogP contribution in [-0.2, 0) is 4.79 Å². The zero-order chi connectivity index (χ0) is 20.3. The lowest BCUT2D eigenvalue weighted by atomic mass is 10.1. The molecule has 0 saturated carbocycles. The average Bonchev–Trinajstić information content (AvgIpc) is 2.96. The van der Waals surface area contributed by atoms with Gasteiger partial charge in [0.05, 0.1) is 21.7 Å². The molecule has 1 aliphatic rings. The van der Waals surface area contributed by atoms with E-state index in [1.165, 1.54) is 23.1 Å². The van der Waals surface area contributed by atoms with Crippen LogP contribution in [0.4, 0.5) is 5.69 Å². The molecule has 0 spiro atoms. The van der Waals surface area contributed by atoms with E-state index in [-0.39, 0.29) is 22.7 Å². The second-order valence-corrected chi connectivity index (χ2v) is 6.81. The molecule has 0 atom stereocenters. The topological polar surface area (TPSA) is 107 Å². The number of carbonyl (C=O) groups is 3. The third-order valence-corrected chi connectivity index (χ3v) is 5.02. The molecule has 0 aliphatic carbocycles. The van der Waals surface area contributed by atoms with Gasteiger partial charge < -0.3 is 10.2 Å². The van der Waals surface area contributed by atoms with Crippen molar-refractivity contribution in [3.8, 4) is 0 Å². The van der Waals surface area contributed by atoms with E-state index in [0.29, 0.717) is 22.2 Å². The fourth-order valence-electron chi connectivity index (χ4n) is 2.60. The summed E-state index contributed by atoms with van der Waals surface area (Å²) in [5.74, 6) is -2.35. The predicted octanol–water partition coefficient (Wildman–Crippen LogP) is 3.71. The molecular weight excluding hydrogens is 380 g/mol. The first kappa shape index (κ1) is 19.4. The van der Waals surface area contributed by atoms with Gasteiger partial charge in [0.2, 0.25) is 0 Å². The summed E-state index contributed by atoms with van der Waals surface area (Å²) >= 11 is 1.15. The van der Waals surface area contributed by atoms with Crippen LogP contribution in [0.15, 0.2) is 58.4 Å². The zero-order valence-corrected chi connectivity index (χ0v) is 15.6. The maximum atomic E-state index is 12.7. The smallest absolute Gasteiger partial charge is 0.337 e. The van der Waals surface area contributed by atoms with Crippen LogP contribution in [0, 0.1) is 0 Å². The number of nitrogens with zero attached hydrogens (tertiary/aromatic N) is 2. The van der Waals surface area contributed by atoms with Crippen LogP contribution in [0.2, 0.25) is 0 Å². The Balaban J connectivity index is 1.95. The Bertz CT molecular complexity index is 1010. The van der Waals surface area contributed by atoms with Crippen molar-refractivity contribution >= 4 is 46.5 Å². The summed E-state index contributed by atoms with van der Waals surface area (Å²) in [6.45, 7) is 2.19. The molecule has 0 bridgehead atoms. The van der Waals surface area contributed by atoms with Crippen LogP contribution < -0.4 is 0 Å². The summed E-state index contributed by atoms with van der Waals surface area (Å²) in [6.07, 6.45) is 1.66. The van der Waals surface area contributed by atoms with E-state index in [0.717, 1.165) is 11.8 Å². The molecule has 8 heteroatoms. The summed E-state index contributed by atoms with van der Waals surface area (Å²) in [6, 6.07) is 12.5. The van der Waals surface area contributed by atoms with Gasteiger partial charge in [-0.05, 0) is 54.6 Å². The van der Waals surface area contributed by atoms with E-state index in [1.807, 2.05) is 6.92 Å². The maximum Gasteiger partial charge on any atom is 0.337 e. The van der Waals surface area contributed by atoms with Gasteiger partial charge in [0.25, 0.3) is 5.91 Å². The Morgan fingerprint density at radius 2 is 1.75 bits per heavy atom. The van der Waals surface area contributed by atoms with E-state index in [1.54, 1.807) is 36.4 Å². The summed E-state index contributed by atoms with van der Waals surface area (Å²) < 4.78 is 0. The average molecular weight is 396 g/mol. The first-order chi connectivity index (χ1) is 13.4. The van der Waals surface area contributed by atoms with Gasteiger partial charge in [-0.1, -0.05) is 24.3 Å². The normalized spacial score (nSPS) is 16.8. The number of carboxylic acid groups (broad SMARTS) is 2. The van der Waals surface area contributed by atoms with Crippen molar-refractivity contribution in [3.05, 3.63) is 70.1 Å². The van der Waals surface area contributed by atoms with Crippen molar-refractivity contribution in [2.75, 3.05) is 6.54 Å². The molecule has 1 heterocycles. The molecule has 1 amide bonds. The summed E-state index contributed by atoms with van der Waals surface area (Å²) in [5.41, 5.74) is 1.18. The van der Waals surface area contributed by atoms with E-state index in [2.05, 4.69) is 4.99 Å². The lowest BCUT2D eigenvalue weighted by molar-refractivity contribution is -0.122. The lowest BCUT2D eigenvalue weighted by Crippen LogP contribution is -2.28. The molecule has 0 unspecified atom stereocenters. The minimum Gasteiger partial charge on any atom is -0.478 e. The van der Waals surface area contributed by atoms with Crippen LogP contribution in [0.25, 0.3) is 6.08 Å². The van der Waals surface area contributed by atoms with Crippen molar-refractivity contribution in [1.29, 1.82) is 0 Å². The van der Waals surface area contributed by atoms with Crippen LogP contribution in [0.3, 0.4) is 0 Å². The van der Waals surface area contributed by atoms with E-state index in [9.17, 15) is 19.5 Å². The Morgan fingerprint density at radius 1 is 1.07 bits per heavy atom. The highest BCUT2D eigenvalue weighted by Gasteiger charge is 2.32. The Hall–Kier alpha value is -3.39. The monoisotopic (exact) mass is 396 g/mol. The molecule has 7 nitrogen and oxygen atoms in total. The number of benzene rings is 2. The molecular formula is C20H16N2O5S. The Labute approximate surface area is 165 Å². The highest BCUT2D eigenvalue weighted by Crippen LogP contribution is 2.34. The Kier molecular flexibility index (Phi) is 5.60. The van der Waals surface area contributed by atoms with Crippen molar-refractivity contribution < 1.29 is 24.6 Å². The largest absolute Gasteiger partial charge is 0.478 e. The van der Waals surface area contributed by atoms with Crippen LogP contribution in [-0.4, -0.2) is 44.7 Å². The summed E-state index contributed by atoms with van der Waals surface area (Å²) in [7, 11) is 0. The maximum absolute atomic E-state index is 12.7. The van der Waals surface area contributed by atoms with Crippen molar-refractivity contribution in [1.82, 2.24) is 4.90 Å². The lowest BCUT2D eigenvalue weighted by Gasteiger charge is -2.12. The van der Waals surface area contributed by atoms with Crippen molar-refractivity contribution in [2.24, 2.45) is 4.99 Å². The molecule has 2 aromatic rings. The second-order valence-electron chi connectivity index (χ2n) is 5.80. The first-order valence-electron chi connectivity index (χ1n) is 8.36. The van der Waals surface area contributed by atoms with Crippen molar-refractivity contribution in [3.63, 3.8) is 0 Å². The fraction of sp³-hybridized carbons (Fsp3) is 0.100. The molecule has 0 aromatic heterocycles. The van der Waals surface area contributed by atoms with Crippen LogP contribution in [0.5, 0.6) is 0 Å². The van der Waals surface area contributed by atoms with E-state index in [4.69, 9.17) is 5.11 Å². The standard InChI is InChI=1S/C20H16N2O5S/c1-2-22-17(23)16(11-12-7-9-13(10-8-12)18(24)25)28-20(22)21-15-6-4-3-5-14(15)19(26)27/h3-11H,2H2,1H3,(H,24,25)(H,26,27)/b16-11-,21-20?. The highest BCUT2D eigenvalue weighted by atomic mass is 32.2. The fourth-order valence-corrected chi connectivity index (χ4v) is 3.65. The van der Waals surface area contributed by atoms with Gasteiger partial charge in [-0.2, -0.15) is 0 Å². The quantitative estimate of drug-likeness (QED) is 0.746. The predicted molar refractivity (Wildman–Crippen MR) is 107 cm³/mol. The van der Waals surface area contributed by atoms with Crippen molar-refractivity contribution in [2.45, 2.75) is 6.92 Å². The molecule has 1 aliphatic heterocycles. The number of hydrogen-bond donors (Lipinski definition) is 2. The third kappa shape index (κ3) is 3.96. The van der Waals surface area contributed by atoms with Crippen LogP contribution >= 0.6 is 11.8 Å². The zero-order valence-electron chi connectivity index (χ0n) is 14.8. The molecule has 2 aromatic carbocycles. The second kappa shape index (κ2) is 8.10. The molecule has 142 valence electrons. The van der Waals surface area contributed by atoms with Gasteiger partial charge in [0, 0.05) is 6.54 Å². The molecule has 0 radical (unpaired) electrons. The van der Waals surface area contributed by atoms with Gasteiger partial charge >= 0.3 is 11.9 Å². The number of likely N-dealkylation sites (N-methyl/N-ethyl adjacent to an activating group) is 1. The van der Waals surface area contributed by atoms with E-state index < -0.39 is 11.9 Å². The van der Waals surface area contributed by atoms with Gasteiger partial charge in [-0.25, -0.2) is 14.6 Å². The van der Waals surface area contributed by atoms with Gasteiger partial charge in [-0.3, -0.25) is 9.69 Å². The Morgan fingerprint density at radius 3 is 2.36 bits per heavy atom. The number of carboxylic acids is 2. The highest BCUT2D eigenvalue weighted by molar-refractivity contribution is 8.18. The SMILES string of the molecule is CCN1C(=O)/C(=C/c2ccc(C(=O)O)cc2)SC1=Nc1ccccc1C(=O)O. The molecule has 2 N–H and O–H groups in total. The number of hydrogen-bond acceptors (Lipinski definition) is 5. The number of aliphatic imine (C=N–C) groups is 1. The minimum absolute atomic E-state index is 0.0563. The molecule has 28 heavy (non-hydrogen) atoms. The third-order valence-electron chi connectivity index (χ3n) is 4.01. The first-order valence-corrected chi connectivity index (χ1v) is 9.18. The summed E-state index contributed by atoms with van der Waals surface area (Å²) in [5, 5.41) is 18.7. The molecule has 3 rings (SSSR count). The van der Waals surface area contributed by atoms with E-state index >= 15 is 0 Å². The van der Waals surface area contributed by atoms with Gasteiger partial charge in [0.1, 0.15) is 0 Å². The number of rotatable bonds is 5. The molecule has 1 fully saturated rings. The number of aromatic carboxylic acids is 2.